The molecule has 2 rings (SSSR count). The number of nitrogens with two attached hydrogens (primary N) is 1. The summed E-state index contributed by atoms with van der Waals surface area (Å²) in [7, 11) is 2.17. The predicted molar refractivity (Wildman–Crippen MR) is 81.3 cm³/mol. The molecule has 1 atom stereocenters. The molecule has 106 valence electrons. The Hall–Kier alpha value is -0.900. The van der Waals surface area contributed by atoms with Crippen molar-refractivity contribution >= 4 is 0 Å². The van der Waals surface area contributed by atoms with E-state index in [-0.39, 0.29) is 6.04 Å². The zero-order chi connectivity index (χ0) is 13.7. The Balaban J connectivity index is 1.78. The molecular weight excluding hydrogens is 234 g/mol. The van der Waals surface area contributed by atoms with Gasteiger partial charge in [-0.2, -0.15) is 0 Å². The van der Waals surface area contributed by atoms with Crippen LogP contribution in [0, 0.1) is 6.92 Å². The van der Waals surface area contributed by atoms with Crippen LogP contribution < -0.4 is 5.73 Å². The van der Waals surface area contributed by atoms with E-state index < -0.39 is 0 Å². The van der Waals surface area contributed by atoms with Crippen LogP contribution in [0.1, 0.15) is 30.0 Å². The van der Waals surface area contributed by atoms with Gasteiger partial charge >= 0.3 is 0 Å². The van der Waals surface area contributed by atoms with Gasteiger partial charge in [0, 0.05) is 25.7 Å². The Bertz CT molecular complexity index is 385. The lowest BCUT2D eigenvalue weighted by molar-refractivity contribution is 0.248. The van der Waals surface area contributed by atoms with Crippen molar-refractivity contribution in [1.29, 1.82) is 0 Å². The summed E-state index contributed by atoms with van der Waals surface area (Å²) < 4.78 is 0. The Morgan fingerprint density at radius 1 is 1.26 bits per heavy atom. The fourth-order valence-corrected chi connectivity index (χ4v) is 2.85. The second-order valence-electron chi connectivity index (χ2n) is 5.77. The van der Waals surface area contributed by atoms with E-state index in [2.05, 4.69) is 48.0 Å². The maximum absolute atomic E-state index is 6.33. The van der Waals surface area contributed by atoms with Crippen molar-refractivity contribution in [2.24, 2.45) is 5.73 Å². The van der Waals surface area contributed by atoms with E-state index >= 15 is 0 Å². The summed E-state index contributed by atoms with van der Waals surface area (Å²) in [6, 6.07) is 8.55. The number of likely N-dealkylation sites (N-methyl/N-ethyl adjacent to an activating group) is 1. The van der Waals surface area contributed by atoms with Gasteiger partial charge in [-0.15, -0.1) is 0 Å². The van der Waals surface area contributed by atoms with E-state index in [1.165, 1.54) is 43.6 Å². The second-order valence-corrected chi connectivity index (χ2v) is 5.77. The molecule has 0 radical (unpaired) electrons. The number of nitrogens with zero attached hydrogens (tertiary/aromatic N) is 2. The Kier molecular flexibility index (Phi) is 5.37. The topological polar surface area (TPSA) is 32.5 Å². The molecule has 2 N–H and O–H groups in total. The fraction of sp³-hybridized carbons (Fsp3) is 0.625. The fourth-order valence-electron chi connectivity index (χ4n) is 2.85. The van der Waals surface area contributed by atoms with Crippen molar-refractivity contribution in [3.05, 3.63) is 35.4 Å². The first kappa shape index (κ1) is 14.5. The Morgan fingerprint density at radius 3 is 2.63 bits per heavy atom. The minimum absolute atomic E-state index is 0.116. The lowest BCUT2D eigenvalue weighted by Gasteiger charge is -2.25. The van der Waals surface area contributed by atoms with Gasteiger partial charge in [0.2, 0.25) is 0 Å². The van der Waals surface area contributed by atoms with E-state index in [4.69, 9.17) is 5.73 Å². The average Bonchev–Trinajstić information content (AvgIpc) is 2.90. The second kappa shape index (κ2) is 7.04. The summed E-state index contributed by atoms with van der Waals surface area (Å²) in [4.78, 5) is 4.91. The first-order valence-corrected chi connectivity index (χ1v) is 7.39. The number of hydrogen-bond acceptors (Lipinski definition) is 3. The monoisotopic (exact) mass is 261 g/mol. The molecule has 1 aliphatic rings. The molecule has 19 heavy (non-hydrogen) atoms. The highest BCUT2D eigenvalue weighted by molar-refractivity contribution is 5.28. The van der Waals surface area contributed by atoms with E-state index in [1.807, 2.05) is 0 Å². The largest absolute Gasteiger partial charge is 0.323 e. The van der Waals surface area contributed by atoms with Crippen LogP contribution in [-0.2, 0) is 0 Å². The van der Waals surface area contributed by atoms with E-state index in [0.717, 1.165) is 13.1 Å². The van der Waals surface area contributed by atoms with Crippen molar-refractivity contribution < 1.29 is 0 Å². The Morgan fingerprint density at radius 2 is 1.95 bits per heavy atom. The van der Waals surface area contributed by atoms with Crippen molar-refractivity contribution in [2.45, 2.75) is 25.8 Å². The number of hydrogen-bond donors (Lipinski definition) is 1. The van der Waals surface area contributed by atoms with Crippen LogP contribution in [0.3, 0.4) is 0 Å². The Labute approximate surface area is 117 Å². The number of benzene rings is 1. The van der Waals surface area contributed by atoms with Gasteiger partial charge in [0.05, 0.1) is 0 Å². The number of rotatable bonds is 6. The molecule has 3 heteroatoms. The maximum atomic E-state index is 6.33. The summed E-state index contributed by atoms with van der Waals surface area (Å²) in [6.45, 7) is 7.91. The normalized spacial score (nSPS) is 18.1. The summed E-state index contributed by atoms with van der Waals surface area (Å²) in [5.41, 5.74) is 8.89. The molecule has 1 aliphatic heterocycles. The van der Waals surface area contributed by atoms with Crippen LogP contribution in [0.25, 0.3) is 0 Å². The summed E-state index contributed by atoms with van der Waals surface area (Å²) in [5, 5.41) is 0. The molecule has 0 aliphatic carbocycles. The van der Waals surface area contributed by atoms with Crippen LogP contribution in [0.4, 0.5) is 0 Å². The minimum Gasteiger partial charge on any atom is -0.323 e. The van der Waals surface area contributed by atoms with Gasteiger partial charge in [0.15, 0.2) is 0 Å². The van der Waals surface area contributed by atoms with Gasteiger partial charge < -0.3 is 15.5 Å². The molecule has 1 saturated heterocycles. The van der Waals surface area contributed by atoms with Crippen LogP contribution in [-0.4, -0.2) is 49.6 Å². The quantitative estimate of drug-likeness (QED) is 0.850. The molecule has 1 heterocycles. The molecule has 1 unspecified atom stereocenters. The van der Waals surface area contributed by atoms with Gasteiger partial charge in [0.1, 0.15) is 0 Å². The lowest BCUT2D eigenvalue weighted by atomic mass is 10.0. The molecule has 0 spiro atoms. The summed E-state index contributed by atoms with van der Waals surface area (Å²) in [5.74, 6) is 0. The van der Waals surface area contributed by atoms with Gasteiger partial charge in [-0.3, -0.25) is 0 Å². The number of likely N-dealkylation sites (tertiary alicyclic amines) is 1. The smallest absolute Gasteiger partial charge is 0.0426 e. The van der Waals surface area contributed by atoms with Gasteiger partial charge in [-0.25, -0.2) is 0 Å². The molecule has 1 fully saturated rings. The zero-order valence-electron chi connectivity index (χ0n) is 12.3. The molecule has 0 bridgehead atoms. The molecular formula is C16H27N3. The molecule has 0 amide bonds. The maximum Gasteiger partial charge on any atom is 0.0426 e. The van der Waals surface area contributed by atoms with Crippen molar-refractivity contribution in [3.63, 3.8) is 0 Å². The van der Waals surface area contributed by atoms with E-state index in [1.54, 1.807) is 0 Å². The highest BCUT2D eigenvalue weighted by Gasteiger charge is 2.14. The predicted octanol–water partition coefficient (Wildman–Crippen LogP) is 2.02. The van der Waals surface area contributed by atoms with Crippen LogP contribution in [0.15, 0.2) is 24.3 Å². The SMILES string of the molecule is Cc1ccccc1C(N)CN(C)CCN1CCCC1. The van der Waals surface area contributed by atoms with Crippen molar-refractivity contribution in [1.82, 2.24) is 9.80 Å². The zero-order valence-corrected chi connectivity index (χ0v) is 12.3. The van der Waals surface area contributed by atoms with Crippen LogP contribution >= 0.6 is 0 Å². The van der Waals surface area contributed by atoms with Gasteiger partial charge in [-0.1, -0.05) is 24.3 Å². The van der Waals surface area contributed by atoms with Crippen LogP contribution in [0.5, 0.6) is 0 Å². The third-order valence-electron chi connectivity index (χ3n) is 4.09. The standard InChI is InChI=1S/C16H27N3/c1-14-7-3-4-8-15(14)16(17)13-18(2)11-12-19-9-5-6-10-19/h3-4,7-8,16H,5-6,9-13,17H2,1-2H3. The molecule has 1 aromatic rings. The van der Waals surface area contributed by atoms with Crippen molar-refractivity contribution in [3.8, 4) is 0 Å². The molecule has 3 nitrogen and oxygen atoms in total. The van der Waals surface area contributed by atoms with Gasteiger partial charge in [-0.05, 0) is 51.0 Å². The van der Waals surface area contributed by atoms with Gasteiger partial charge in [0.25, 0.3) is 0 Å². The summed E-state index contributed by atoms with van der Waals surface area (Å²) in [6.07, 6.45) is 2.73. The first-order valence-electron chi connectivity index (χ1n) is 7.39. The van der Waals surface area contributed by atoms with Crippen LogP contribution in [0.2, 0.25) is 0 Å². The van der Waals surface area contributed by atoms with E-state index in [9.17, 15) is 0 Å². The number of aryl methyl sites for hydroxylation is 1. The van der Waals surface area contributed by atoms with Crippen molar-refractivity contribution in [2.75, 3.05) is 39.8 Å². The minimum atomic E-state index is 0.116. The summed E-state index contributed by atoms with van der Waals surface area (Å²) >= 11 is 0. The third kappa shape index (κ3) is 4.30. The highest BCUT2D eigenvalue weighted by Crippen LogP contribution is 2.16. The first-order chi connectivity index (χ1) is 9.16. The third-order valence-corrected chi connectivity index (χ3v) is 4.09. The molecule has 1 aromatic carbocycles. The highest BCUT2D eigenvalue weighted by atomic mass is 15.2. The molecule has 0 aromatic heterocycles. The lowest BCUT2D eigenvalue weighted by Crippen LogP contribution is -2.35. The molecule has 0 saturated carbocycles. The van der Waals surface area contributed by atoms with E-state index in [0.29, 0.717) is 0 Å². The average molecular weight is 261 g/mol.